The molecule has 0 N–H and O–H groups in total. The van der Waals surface area contributed by atoms with Gasteiger partial charge >= 0.3 is 7.12 Å². The van der Waals surface area contributed by atoms with Crippen LogP contribution in [-0.2, 0) is 9.31 Å². The molecule has 88 valence electrons. The van der Waals surface area contributed by atoms with Gasteiger partial charge in [-0.05, 0) is 48.0 Å². The highest BCUT2D eigenvalue weighted by atomic mass is 16.6. The lowest BCUT2D eigenvalue weighted by Gasteiger charge is -2.29. The summed E-state index contributed by atoms with van der Waals surface area (Å²) in [5, 5.41) is 0. The highest BCUT2D eigenvalue weighted by Crippen LogP contribution is 2.16. The normalized spacial score (nSPS) is 13.5. The fourth-order valence-electron chi connectivity index (χ4n) is 1.05. The van der Waals surface area contributed by atoms with Gasteiger partial charge in [0.15, 0.2) is 0 Å². The quantitative estimate of drug-likeness (QED) is 0.662. The number of rotatable bonds is 4. The second-order valence-electron chi connectivity index (χ2n) is 5.67. The van der Waals surface area contributed by atoms with Gasteiger partial charge in [-0.3, -0.25) is 0 Å². The van der Waals surface area contributed by atoms with Crippen LogP contribution in [0.25, 0.3) is 0 Å². The molecule has 15 heavy (non-hydrogen) atoms. The third-order valence-corrected chi connectivity index (χ3v) is 1.47. The first-order chi connectivity index (χ1) is 6.64. The predicted octanol–water partition coefficient (Wildman–Crippen LogP) is 3.61. The Morgan fingerprint density at radius 2 is 1.33 bits per heavy atom. The van der Waals surface area contributed by atoms with Crippen molar-refractivity contribution >= 4 is 7.12 Å². The zero-order valence-corrected chi connectivity index (χ0v) is 11.3. The largest absolute Gasteiger partial charge is 0.486 e. The number of hydrogen-bond donors (Lipinski definition) is 0. The smallest absolute Gasteiger partial charge is 0.403 e. The second-order valence-corrected chi connectivity index (χ2v) is 5.67. The summed E-state index contributed by atoms with van der Waals surface area (Å²) in [4.78, 5) is 0. The Labute approximate surface area is 95.2 Å². The van der Waals surface area contributed by atoms with E-state index in [0.717, 1.165) is 6.42 Å². The van der Waals surface area contributed by atoms with Crippen LogP contribution in [-0.4, -0.2) is 18.3 Å². The average molecular weight is 212 g/mol. The van der Waals surface area contributed by atoms with Crippen molar-refractivity contribution in [3.63, 3.8) is 0 Å². The predicted molar refractivity (Wildman–Crippen MR) is 66.9 cm³/mol. The Kier molecular flexibility index (Phi) is 5.61. The van der Waals surface area contributed by atoms with Gasteiger partial charge in [-0.2, -0.15) is 0 Å². The summed E-state index contributed by atoms with van der Waals surface area (Å²) in [6.07, 6.45) is 3.07. The molecule has 0 aromatic heterocycles. The van der Waals surface area contributed by atoms with Crippen LogP contribution in [0.2, 0.25) is 0 Å². The van der Waals surface area contributed by atoms with E-state index in [4.69, 9.17) is 9.31 Å². The van der Waals surface area contributed by atoms with E-state index in [1.54, 1.807) is 0 Å². The SMILES string of the molecule is CC/C=C/B(OC(C)(C)C)OC(C)(C)C. The molecule has 0 unspecified atom stereocenters. The molecule has 0 aliphatic rings. The maximum absolute atomic E-state index is 5.81. The Morgan fingerprint density at radius 1 is 0.933 bits per heavy atom. The Morgan fingerprint density at radius 3 is 1.60 bits per heavy atom. The summed E-state index contributed by atoms with van der Waals surface area (Å²) >= 11 is 0. The second kappa shape index (κ2) is 5.71. The summed E-state index contributed by atoms with van der Waals surface area (Å²) in [6, 6.07) is 0. The van der Waals surface area contributed by atoms with Crippen LogP contribution in [0.15, 0.2) is 12.1 Å². The van der Waals surface area contributed by atoms with Crippen LogP contribution in [0.4, 0.5) is 0 Å². The molecule has 3 heteroatoms. The van der Waals surface area contributed by atoms with Gasteiger partial charge in [0.1, 0.15) is 0 Å². The molecule has 0 aromatic rings. The highest BCUT2D eigenvalue weighted by molar-refractivity contribution is 6.50. The first kappa shape index (κ1) is 14.7. The molecule has 0 rings (SSSR count). The molecular weight excluding hydrogens is 187 g/mol. The molecule has 0 saturated carbocycles. The van der Waals surface area contributed by atoms with E-state index in [1.165, 1.54) is 0 Å². The van der Waals surface area contributed by atoms with E-state index in [9.17, 15) is 0 Å². The van der Waals surface area contributed by atoms with Crippen molar-refractivity contribution in [3.8, 4) is 0 Å². The van der Waals surface area contributed by atoms with Gasteiger partial charge < -0.3 is 9.31 Å². The summed E-state index contributed by atoms with van der Waals surface area (Å²) in [6.45, 7) is 14.3. The minimum atomic E-state index is -0.259. The molecule has 0 aliphatic carbocycles. The molecular formula is C12H25BO2. The van der Waals surface area contributed by atoms with Crippen molar-refractivity contribution in [2.24, 2.45) is 0 Å². The summed E-state index contributed by atoms with van der Waals surface area (Å²) in [7, 11) is -0.259. The van der Waals surface area contributed by atoms with Crippen molar-refractivity contribution in [2.45, 2.75) is 66.1 Å². The first-order valence-electron chi connectivity index (χ1n) is 5.66. The third-order valence-electron chi connectivity index (χ3n) is 1.47. The summed E-state index contributed by atoms with van der Waals surface area (Å²) < 4.78 is 11.6. The van der Waals surface area contributed by atoms with E-state index in [2.05, 4.69) is 13.0 Å². The lowest BCUT2D eigenvalue weighted by Crippen LogP contribution is -2.37. The molecule has 0 radical (unpaired) electrons. The number of hydrogen-bond acceptors (Lipinski definition) is 2. The maximum atomic E-state index is 5.81. The van der Waals surface area contributed by atoms with E-state index < -0.39 is 0 Å². The van der Waals surface area contributed by atoms with Crippen molar-refractivity contribution in [1.29, 1.82) is 0 Å². The fourth-order valence-corrected chi connectivity index (χ4v) is 1.05. The zero-order chi connectivity index (χ0) is 12.1. The van der Waals surface area contributed by atoms with Gasteiger partial charge in [-0.1, -0.05) is 19.0 Å². The topological polar surface area (TPSA) is 18.5 Å². The minimum absolute atomic E-state index is 0.187. The fraction of sp³-hybridized carbons (Fsp3) is 0.833. The van der Waals surface area contributed by atoms with E-state index in [-0.39, 0.29) is 18.3 Å². The van der Waals surface area contributed by atoms with Crippen LogP contribution < -0.4 is 0 Å². The first-order valence-corrected chi connectivity index (χ1v) is 5.66. The molecule has 0 heterocycles. The van der Waals surface area contributed by atoms with Crippen LogP contribution in [0.1, 0.15) is 54.9 Å². The standard InChI is InChI=1S/C12H25BO2/c1-8-9-10-13(14-11(2,3)4)15-12(5,6)7/h9-10H,8H2,1-7H3/b10-9+. The maximum Gasteiger partial charge on any atom is 0.486 e. The molecule has 0 spiro atoms. The van der Waals surface area contributed by atoms with Crippen molar-refractivity contribution < 1.29 is 9.31 Å². The Balaban J connectivity index is 4.39. The Hall–Kier alpha value is -0.275. The molecule has 0 bridgehead atoms. The molecule has 0 amide bonds. The van der Waals surface area contributed by atoms with Gasteiger partial charge in [0.2, 0.25) is 0 Å². The van der Waals surface area contributed by atoms with Crippen molar-refractivity contribution in [3.05, 3.63) is 12.1 Å². The van der Waals surface area contributed by atoms with Crippen LogP contribution in [0, 0.1) is 0 Å². The van der Waals surface area contributed by atoms with Gasteiger partial charge in [-0.25, -0.2) is 0 Å². The lowest BCUT2D eigenvalue weighted by atomic mass is 9.86. The minimum Gasteiger partial charge on any atom is -0.403 e. The molecule has 0 aromatic carbocycles. The number of allylic oxidation sites excluding steroid dienone is 1. The monoisotopic (exact) mass is 212 g/mol. The lowest BCUT2D eigenvalue weighted by molar-refractivity contribution is 0.0400. The highest BCUT2D eigenvalue weighted by Gasteiger charge is 2.27. The van der Waals surface area contributed by atoms with Crippen molar-refractivity contribution in [2.75, 3.05) is 0 Å². The molecule has 0 saturated heterocycles. The van der Waals surface area contributed by atoms with E-state index in [1.807, 2.05) is 47.5 Å². The summed E-state index contributed by atoms with van der Waals surface area (Å²) in [5.74, 6) is 1.98. The van der Waals surface area contributed by atoms with Gasteiger partial charge in [0, 0.05) is 11.2 Å². The van der Waals surface area contributed by atoms with Crippen LogP contribution in [0.5, 0.6) is 0 Å². The van der Waals surface area contributed by atoms with E-state index in [0.29, 0.717) is 0 Å². The molecule has 2 nitrogen and oxygen atoms in total. The van der Waals surface area contributed by atoms with Gasteiger partial charge in [-0.15, -0.1) is 0 Å². The van der Waals surface area contributed by atoms with Crippen molar-refractivity contribution in [1.82, 2.24) is 0 Å². The van der Waals surface area contributed by atoms with Gasteiger partial charge in [0.25, 0.3) is 0 Å². The third kappa shape index (κ3) is 10.0. The Bertz CT molecular complexity index is 183. The van der Waals surface area contributed by atoms with E-state index >= 15 is 0 Å². The average Bonchev–Trinajstić information content (AvgIpc) is 1.94. The molecule has 0 atom stereocenters. The molecule has 0 fully saturated rings. The van der Waals surface area contributed by atoms with Crippen LogP contribution in [0.3, 0.4) is 0 Å². The molecule has 0 aliphatic heterocycles. The summed E-state index contributed by atoms with van der Waals surface area (Å²) in [5.41, 5.74) is -0.373. The van der Waals surface area contributed by atoms with Crippen LogP contribution >= 0.6 is 0 Å². The van der Waals surface area contributed by atoms with Gasteiger partial charge in [0.05, 0.1) is 0 Å². The zero-order valence-electron chi connectivity index (χ0n) is 11.3.